The zero-order chi connectivity index (χ0) is 21.5. The van der Waals surface area contributed by atoms with E-state index in [9.17, 15) is 4.79 Å². The molecule has 0 atom stereocenters. The summed E-state index contributed by atoms with van der Waals surface area (Å²) in [5, 5.41) is 13.5. The lowest BCUT2D eigenvalue weighted by molar-refractivity contribution is 0.0170. The fraction of sp³-hybridized carbons (Fsp3) is 0.238. The van der Waals surface area contributed by atoms with Gasteiger partial charge in [0.05, 0.1) is 40.2 Å². The summed E-state index contributed by atoms with van der Waals surface area (Å²) in [5.74, 6) is -0.159. The number of fused-ring (bicyclic) bond motifs is 1. The van der Waals surface area contributed by atoms with Crippen LogP contribution >= 0.6 is 22.9 Å². The van der Waals surface area contributed by atoms with Crippen molar-refractivity contribution in [3.63, 3.8) is 0 Å². The van der Waals surface area contributed by atoms with Gasteiger partial charge in [0.2, 0.25) is 0 Å². The predicted octanol–water partition coefficient (Wildman–Crippen LogP) is 4.10. The first-order valence-corrected chi connectivity index (χ1v) is 10.8. The summed E-state index contributed by atoms with van der Waals surface area (Å²) in [5.41, 5.74) is 3.05. The Morgan fingerprint density at radius 3 is 2.97 bits per heavy atom. The first-order chi connectivity index (χ1) is 15.0. The Balaban J connectivity index is 1.44. The van der Waals surface area contributed by atoms with Gasteiger partial charge >= 0.3 is 0 Å². The second-order valence-corrected chi connectivity index (χ2v) is 8.80. The zero-order valence-electron chi connectivity index (χ0n) is 17.2. The van der Waals surface area contributed by atoms with Crippen molar-refractivity contribution < 1.29 is 6.17 Å². The van der Waals surface area contributed by atoms with Crippen molar-refractivity contribution in [1.29, 1.82) is 0 Å². The molecule has 0 saturated carbocycles. The first kappa shape index (κ1) is 18.0. The van der Waals surface area contributed by atoms with Gasteiger partial charge in [0, 0.05) is 24.7 Å². The molecule has 7 nitrogen and oxygen atoms in total. The Kier molecular flexibility index (Phi) is 4.67. The average Bonchev–Trinajstić information content (AvgIpc) is 3.46. The predicted molar refractivity (Wildman–Crippen MR) is 117 cm³/mol. The van der Waals surface area contributed by atoms with Gasteiger partial charge in [0.25, 0.3) is 5.91 Å². The molecule has 4 aromatic rings. The van der Waals surface area contributed by atoms with E-state index in [1.165, 1.54) is 11.0 Å². The third-order valence-corrected chi connectivity index (χ3v) is 6.24. The Morgan fingerprint density at radius 2 is 2.13 bits per heavy atom. The number of rotatable bonds is 4. The highest BCUT2D eigenvalue weighted by Crippen LogP contribution is 2.26. The van der Waals surface area contributed by atoms with Crippen LogP contribution in [0.1, 0.15) is 28.7 Å². The molecule has 1 aliphatic heterocycles. The maximum Gasteiger partial charge on any atom is 0.270 e. The number of hydrogen-bond donors (Lipinski definition) is 0. The van der Waals surface area contributed by atoms with Gasteiger partial charge in [-0.05, 0) is 49.2 Å². The van der Waals surface area contributed by atoms with Crippen LogP contribution in [0.5, 0.6) is 0 Å². The maximum absolute atomic E-state index is 13.5. The van der Waals surface area contributed by atoms with E-state index >= 15 is 0 Å². The monoisotopic (exact) mass is 439 g/mol. The summed E-state index contributed by atoms with van der Waals surface area (Å²) in [6.07, 6.45) is 2.26. The Hall–Kier alpha value is -2.81. The van der Waals surface area contributed by atoms with Gasteiger partial charge in [-0.1, -0.05) is 17.7 Å². The van der Waals surface area contributed by atoms with E-state index in [2.05, 4.69) is 32.3 Å². The molecule has 0 N–H and O–H groups in total. The van der Waals surface area contributed by atoms with E-state index in [-0.39, 0.29) is 12.1 Å². The molecule has 0 bridgehead atoms. The fourth-order valence-electron chi connectivity index (χ4n) is 3.75. The second-order valence-electron chi connectivity index (χ2n) is 7.13. The van der Waals surface area contributed by atoms with E-state index in [1.54, 1.807) is 34.5 Å². The normalized spacial score (nSPS) is 15.1. The summed E-state index contributed by atoms with van der Waals surface area (Å²) in [4.78, 5) is 19.3. The van der Waals surface area contributed by atoms with Crippen molar-refractivity contribution in [1.82, 2.24) is 30.0 Å². The molecule has 1 fully saturated rings. The minimum Gasteiger partial charge on any atom is -0.271 e. The van der Waals surface area contributed by atoms with Gasteiger partial charge < -0.3 is 0 Å². The second kappa shape index (κ2) is 7.79. The number of hydrazine groups is 1. The molecule has 5 rings (SSSR count). The number of thiazole rings is 1. The number of hydrogen-bond acceptors (Lipinski definition) is 6. The number of carbonyl (C=O) groups is 1. The molecule has 0 unspecified atom stereocenters. The standard InChI is InChI=1S/C21H19ClN6OS/c1-14-25-18-5-3-15(11-20(18)30-14)13-26-9-2-10-27(26)21(29)17-12-16(22)4-6-19(17)28-23-7-8-24-28/h3-8,11-12H,2,9-10,13H2,1H3/i7D. The summed E-state index contributed by atoms with van der Waals surface area (Å²) in [6, 6.07) is 11.3. The fourth-order valence-corrected chi connectivity index (χ4v) is 4.81. The molecular weight excluding hydrogens is 420 g/mol. The van der Waals surface area contributed by atoms with Gasteiger partial charge in [0.15, 0.2) is 0 Å². The SMILES string of the molecule is [2H]c1cnn(-c2ccc(Cl)cc2C(=O)N2CCCN2Cc2ccc3nc(C)sc3c2)n1. The summed E-state index contributed by atoms with van der Waals surface area (Å²) in [6.45, 7) is 4.05. The Bertz CT molecular complexity index is 1290. The molecule has 152 valence electrons. The third-order valence-electron chi connectivity index (χ3n) is 5.07. The van der Waals surface area contributed by atoms with Gasteiger partial charge in [0.1, 0.15) is 0 Å². The van der Waals surface area contributed by atoms with Crippen molar-refractivity contribution in [3.8, 4) is 5.69 Å². The molecule has 0 spiro atoms. The number of aromatic nitrogens is 4. The van der Waals surface area contributed by atoms with E-state index in [0.717, 1.165) is 33.8 Å². The molecule has 1 saturated heterocycles. The van der Waals surface area contributed by atoms with E-state index in [0.29, 0.717) is 29.4 Å². The molecule has 1 aliphatic rings. The van der Waals surface area contributed by atoms with Crippen LogP contribution in [0.2, 0.25) is 5.02 Å². The Morgan fingerprint density at radius 1 is 1.23 bits per heavy atom. The minimum atomic E-state index is -0.159. The van der Waals surface area contributed by atoms with Crippen LogP contribution in [-0.2, 0) is 6.54 Å². The molecular formula is C21H19ClN6OS. The first-order valence-electron chi connectivity index (χ1n) is 10.1. The number of nitrogens with zero attached hydrogens (tertiary/aromatic N) is 6. The van der Waals surface area contributed by atoms with Crippen molar-refractivity contribution in [2.75, 3.05) is 13.1 Å². The maximum atomic E-state index is 13.5. The highest BCUT2D eigenvalue weighted by atomic mass is 35.5. The average molecular weight is 440 g/mol. The summed E-state index contributed by atoms with van der Waals surface area (Å²) >= 11 is 7.88. The van der Waals surface area contributed by atoms with Crippen molar-refractivity contribution in [2.24, 2.45) is 0 Å². The number of halogens is 1. The van der Waals surface area contributed by atoms with Gasteiger partial charge in [-0.3, -0.25) is 9.80 Å². The van der Waals surface area contributed by atoms with Crippen LogP contribution in [0.4, 0.5) is 0 Å². The molecule has 2 aromatic carbocycles. The summed E-state index contributed by atoms with van der Waals surface area (Å²) in [7, 11) is 0. The molecule has 9 heteroatoms. The van der Waals surface area contributed by atoms with Crippen LogP contribution in [0.15, 0.2) is 48.8 Å². The van der Waals surface area contributed by atoms with E-state index in [4.69, 9.17) is 13.0 Å². The number of aryl methyl sites for hydroxylation is 1. The molecule has 2 aromatic heterocycles. The van der Waals surface area contributed by atoms with Crippen molar-refractivity contribution in [2.45, 2.75) is 19.9 Å². The van der Waals surface area contributed by atoms with E-state index in [1.807, 2.05) is 13.0 Å². The van der Waals surface area contributed by atoms with Crippen LogP contribution in [0.25, 0.3) is 15.9 Å². The lowest BCUT2D eigenvalue weighted by atomic mass is 10.1. The minimum absolute atomic E-state index is 0.0323. The number of amides is 1. The van der Waals surface area contributed by atoms with Gasteiger partial charge in [-0.15, -0.1) is 11.3 Å². The van der Waals surface area contributed by atoms with Crippen molar-refractivity contribution >= 4 is 39.1 Å². The molecule has 30 heavy (non-hydrogen) atoms. The van der Waals surface area contributed by atoms with Crippen LogP contribution in [0.3, 0.4) is 0 Å². The van der Waals surface area contributed by atoms with Crippen LogP contribution in [-0.4, -0.2) is 49.0 Å². The topological polar surface area (TPSA) is 67.2 Å². The highest BCUT2D eigenvalue weighted by molar-refractivity contribution is 7.18. The smallest absolute Gasteiger partial charge is 0.270 e. The largest absolute Gasteiger partial charge is 0.271 e. The lowest BCUT2D eigenvalue weighted by Crippen LogP contribution is -2.41. The zero-order valence-corrected chi connectivity index (χ0v) is 17.8. The van der Waals surface area contributed by atoms with E-state index < -0.39 is 0 Å². The number of benzene rings is 2. The van der Waals surface area contributed by atoms with Crippen LogP contribution in [0, 0.1) is 6.92 Å². The van der Waals surface area contributed by atoms with Gasteiger partial charge in [-0.25, -0.2) is 9.99 Å². The quantitative estimate of drug-likeness (QED) is 0.479. The molecule has 3 heterocycles. The number of carbonyl (C=O) groups excluding carboxylic acids is 1. The molecule has 0 aliphatic carbocycles. The highest BCUT2D eigenvalue weighted by Gasteiger charge is 2.29. The lowest BCUT2D eigenvalue weighted by Gasteiger charge is -2.28. The molecule has 1 amide bonds. The van der Waals surface area contributed by atoms with Gasteiger partial charge in [-0.2, -0.15) is 15.0 Å². The summed E-state index contributed by atoms with van der Waals surface area (Å²) < 4.78 is 8.79. The third kappa shape index (κ3) is 3.58. The van der Waals surface area contributed by atoms with Crippen molar-refractivity contribution in [3.05, 3.63) is 69.9 Å². The Labute approximate surface area is 183 Å². The van der Waals surface area contributed by atoms with Crippen LogP contribution < -0.4 is 0 Å². The molecule has 0 radical (unpaired) electrons.